The smallest absolute Gasteiger partial charge is 0.226 e. The molecule has 0 amide bonds. The first-order valence-corrected chi connectivity index (χ1v) is 7.68. The molecule has 0 radical (unpaired) electrons. The van der Waals surface area contributed by atoms with Gasteiger partial charge in [0.25, 0.3) is 0 Å². The zero-order valence-electron chi connectivity index (χ0n) is 11.8. The highest BCUT2D eigenvalue weighted by Crippen LogP contribution is 2.21. The van der Waals surface area contributed by atoms with E-state index < -0.39 is 0 Å². The highest BCUT2D eigenvalue weighted by Gasteiger charge is 2.11. The lowest BCUT2D eigenvalue weighted by molar-refractivity contribution is 0.550. The van der Waals surface area contributed by atoms with Crippen LogP contribution < -0.4 is 0 Å². The lowest BCUT2D eigenvalue weighted by Crippen LogP contribution is -2.04. The fourth-order valence-corrected chi connectivity index (χ4v) is 2.74. The van der Waals surface area contributed by atoms with Gasteiger partial charge < -0.3 is 4.42 Å². The first-order valence-electron chi connectivity index (χ1n) is 6.80. The molecule has 6 nitrogen and oxygen atoms in total. The molecule has 0 saturated heterocycles. The third-order valence-corrected chi connectivity index (χ3v) is 3.99. The number of hydrogen-bond donors (Lipinski definition) is 0. The Labute approximate surface area is 134 Å². The van der Waals surface area contributed by atoms with E-state index in [1.807, 2.05) is 17.5 Å². The monoisotopic (exact) mass is 327 g/mol. The molecule has 114 valence electrons. The average molecular weight is 327 g/mol. The van der Waals surface area contributed by atoms with Crippen LogP contribution in [0.2, 0.25) is 0 Å². The molecule has 1 aromatic carbocycles. The van der Waals surface area contributed by atoms with Gasteiger partial charge in [0.05, 0.1) is 4.88 Å². The van der Waals surface area contributed by atoms with E-state index in [2.05, 4.69) is 20.4 Å². The Morgan fingerprint density at radius 1 is 1.22 bits per heavy atom. The Balaban J connectivity index is 1.54. The SMILES string of the molecule is Fc1cccc(-c2nc(Cn3nnc(-c4cccs4)n3)co2)c1. The van der Waals surface area contributed by atoms with Gasteiger partial charge >= 0.3 is 0 Å². The van der Waals surface area contributed by atoms with Crippen molar-refractivity contribution in [3.63, 3.8) is 0 Å². The van der Waals surface area contributed by atoms with Gasteiger partial charge in [-0.25, -0.2) is 9.37 Å². The Kier molecular flexibility index (Phi) is 3.43. The van der Waals surface area contributed by atoms with E-state index in [0.717, 1.165) is 4.88 Å². The number of rotatable bonds is 4. The molecule has 0 fully saturated rings. The van der Waals surface area contributed by atoms with Gasteiger partial charge in [-0.1, -0.05) is 12.1 Å². The molecule has 0 saturated carbocycles. The average Bonchev–Trinajstić information content (AvgIpc) is 3.29. The molecular formula is C15H10FN5OS. The van der Waals surface area contributed by atoms with Crippen molar-refractivity contribution < 1.29 is 8.81 Å². The number of thiophene rings is 1. The van der Waals surface area contributed by atoms with Crippen molar-refractivity contribution in [2.24, 2.45) is 0 Å². The quantitative estimate of drug-likeness (QED) is 0.575. The summed E-state index contributed by atoms with van der Waals surface area (Å²) >= 11 is 1.55. The lowest BCUT2D eigenvalue weighted by Gasteiger charge is -1.95. The molecule has 4 aromatic rings. The van der Waals surface area contributed by atoms with E-state index in [0.29, 0.717) is 29.5 Å². The highest BCUT2D eigenvalue weighted by atomic mass is 32.1. The van der Waals surface area contributed by atoms with Crippen molar-refractivity contribution in [2.75, 3.05) is 0 Å². The minimum absolute atomic E-state index is 0.331. The Bertz CT molecular complexity index is 931. The molecule has 0 aliphatic heterocycles. The topological polar surface area (TPSA) is 69.6 Å². The largest absolute Gasteiger partial charge is 0.444 e. The number of tetrazole rings is 1. The summed E-state index contributed by atoms with van der Waals surface area (Å²) < 4.78 is 18.6. The van der Waals surface area contributed by atoms with E-state index in [9.17, 15) is 4.39 Å². The molecule has 0 atom stereocenters. The summed E-state index contributed by atoms with van der Waals surface area (Å²) in [6.07, 6.45) is 1.51. The number of halogens is 1. The van der Waals surface area contributed by atoms with E-state index in [1.165, 1.54) is 23.2 Å². The van der Waals surface area contributed by atoms with E-state index in [1.54, 1.807) is 23.5 Å². The van der Waals surface area contributed by atoms with Gasteiger partial charge in [0.2, 0.25) is 11.7 Å². The third kappa shape index (κ3) is 2.88. The standard InChI is InChI=1S/C15H10FN5OS/c16-11-4-1-3-10(7-11)15-17-12(9-22-15)8-21-19-14(18-20-21)13-5-2-6-23-13/h1-7,9H,8H2. The van der Waals surface area contributed by atoms with Gasteiger partial charge in [-0.15, -0.1) is 21.5 Å². The summed E-state index contributed by atoms with van der Waals surface area (Å²) in [5.74, 6) is 0.604. The molecule has 0 N–H and O–H groups in total. The highest BCUT2D eigenvalue weighted by molar-refractivity contribution is 7.13. The van der Waals surface area contributed by atoms with Crippen LogP contribution in [0.15, 0.2) is 52.5 Å². The first-order chi connectivity index (χ1) is 11.3. The van der Waals surface area contributed by atoms with Gasteiger partial charge in [-0.05, 0) is 34.9 Å². The Morgan fingerprint density at radius 2 is 2.17 bits per heavy atom. The summed E-state index contributed by atoms with van der Waals surface area (Å²) in [4.78, 5) is 6.73. The predicted octanol–water partition coefficient (Wildman–Crippen LogP) is 3.24. The Hall–Kier alpha value is -2.87. The molecule has 3 heterocycles. The van der Waals surface area contributed by atoms with E-state index in [-0.39, 0.29) is 5.82 Å². The fraction of sp³-hybridized carbons (Fsp3) is 0.0667. The second kappa shape index (κ2) is 5.73. The fourth-order valence-electron chi connectivity index (χ4n) is 2.09. The first kappa shape index (κ1) is 13.8. The van der Waals surface area contributed by atoms with Crippen LogP contribution in [0.1, 0.15) is 5.69 Å². The Morgan fingerprint density at radius 3 is 3.00 bits per heavy atom. The van der Waals surface area contributed by atoms with Crippen LogP contribution in [-0.4, -0.2) is 25.2 Å². The molecule has 0 spiro atoms. The third-order valence-electron chi connectivity index (χ3n) is 3.12. The van der Waals surface area contributed by atoms with Crippen LogP contribution in [-0.2, 0) is 6.54 Å². The summed E-state index contributed by atoms with van der Waals surface area (Å²) in [5, 5.41) is 14.3. The van der Waals surface area contributed by atoms with Gasteiger partial charge in [0.15, 0.2) is 0 Å². The van der Waals surface area contributed by atoms with E-state index >= 15 is 0 Å². The van der Waals surface area contributed by atoms with Crippen LogP contribution in [0.25, 0.3) is 22.2 Å². The number of nitrogens with zero attached hydrogens (tertiary/aromatic N) is 5. The molecule has 8 heteroatoms. The van der Waals surface area contributed by atoms with Crippen molar-refractivity contribution in [1.82, 2.24) is 25.2 Å². The minimum Gasteiger partial charge on any atom is -0.444 e. The van der Waals surface area contributed by atoms with Crippen LogP contribution in [0.5, 0.6) is 0 Å². The number of aromatic nitrogens is 5. The van der Waals surface area contributed by atoms with Gasteiger partial charge in [-0.2, -0.15) is 4.80 Å². The molecule has 3 aromatic heterocycles. The predicted molar refractivity (Wildman–Crippen MR) is 82.1 cm³/mol. The second-order valence-electron chi connectivity index (χ2n) is 4.78. The summed E-state index contributed by atoms with van der Waals surface area (Å²) in [5.41, 5.74) is 1.22. The van der Waals surface area contributed by atoms with E-state index in [4.69, 9.17) is 4.42 Å². The van der Waals surface area contributed by atoms with Crippen LogP contribution in [0.3, 0.4) is 0 Å². The van der Waals surface area contributed by atoms with Crippen molar-refractivity contribution >= 4 is 11.3 Å². The van der Waals surface area contributed by atoms with Gasteiger partial charge in [-0.3, -0.25) is 0 Å². The normalized spacial score (nSPS) is 11.0. The molecule has 0 unspecified atom stereocenters. The molecular weight excluding hydrogens is 317 g/mol. The van der Waals surface area contributed by atoms with Gasteiger partial charge in [0, 0.05) is 5.56 Å². The maximum Gasteiger partial charge on any atom is 0.226 e. The van der Waals surface area contributed by atoms with Crippen molar-refractivity contribution in [2.45, 2.75) is 6.54 Å². The molecule has 0 aliphatic rings. The van der Waals surface area contributed by atoms with Crippen molar-refractivity contribution in [1.29, 1.82) is 0 Å². The second-order valence-corrected chi connectivity index (χ2v) is 5.72. The summed E-state index contributed by atoms with van der Waals surface area (Å²) in [6, 6.07) is 9.97. The molecule has 0 aliphatic carbocycles. The maximum absolute atomic E-state index is 13.2. The zero-order chi connectivity index (χ0) is 15.6. The maximum atomic E-state index is 13.2. The molecule has 23 heavy (non-hydrogen) atoms. The molecule has 0 bridgehead atoms. The van der Waals surface area contributed by atoms with Crippen LogP contribution >= 0.6 is 11.3 Å². The number of benzene rings is 1. The molecule has 4 rings (SSSR count). The van der Waals surface area contributed by atoms with Crippen LogP contribution in [0, 0.1) is 5.82 Å². The number of oxazole rings is 1. The minimum atomic E-state index is -0.333. The number of hydrogen-bond acceptors (Lipinski definition) is 6. The van der Waals surface area contributed by atoms with Crippen molar-refractivity contribution in [3.8, 4) is 22.2 Å². The summed E-state index contributed by atoms with van der Waals surface area (Å²) in [7, 11) is 0. The summed E-state index contributed by atoms with van der Waals surface area (Å²) in [6.45, 7) is 0.331. The zero-order valence-corrected chi connectivity index (χ0v) is 12.6. The van der Waals surface area contributed by atoms with Crippen molar-refractivity contribution in [3.05, 3.63) is 59.6 Å². The van der Waals surface area contributed by atoms with Crippen LogP contribution in [0.4, 0.5) is 4.39 Å². The lowest BCUT2D eigenvalue weighted by atomic mass is 10.2. The van der Waals surface area contributed by atoms with Gasteiger partial charge in [0.1, 0.15) is 24.3 Å².